The minimum absolute atomic E-state index is 0.276. The summed E-state index contributed by atoms with van der Waals surface area (Å²) in [6, 6.07) is 13.7. The summed E-state index contributed by atoms with van der Waals surface area (Å²) in [5.41, 5.74) is 5.27. The fourth-order valence-corrected chi connectivity index (χ4v) is 2.79. The molecule has 5 heteroatoms. The molecule has 0 atom stereocenters. The molecule has 2 heterocycles. The number of nitrogens with one attached hydrogen (secondary N) is 1. The Balaban J connectivity index is 1.97. The van der Waals surface area contributed by atoms with Crippen molar-refractivity contribution < 1.29 is 9.53 Å². The molecule has 5 nitrogen and oxygen atoms in total. The molecule has 0 fully saturated rings. The number of pyridine rings is 2. The summed E-state index contributed by atoms with van der Waals surface area (Å²) in [6.07, 6.45) is 1.55. The molecule has 0 bridgehead atoms. The molecule has 3 aromatic rings. The van der Waals surface area contributed by atoms with Gasteiger partial charge in [-0.25, -0.2) is 4.98 Å². The molecule has 26 heavy (non-hydrogen) atoms. The number of carbonyl (C=O) groups excluding carboxylic acids is 1. The fourth-order valence-electron chi connectivity index (χ4n) is 2.79. The molecule has 0 radical (unpaired) electrons. The minimum Gasteiger partial charge on any atom is -0.494 e. The van der Waals surface area contributed by atoms with Crippen molar-refractivity contribution in [1.29, 1.82) is 0 Å². The van der Waals surface area contributed by atoms with Crippen LogP contribution in [0.15, 0.2) is 48.7 Å². The molecule has 0 aliphatic carbocycles. The third-order valence-electron chi connectivity index (χ3n) is 4.31. The molecule has 1 amide bonds. The molecule has 0 aliphatic heterocycles. The third kappa shape index (κ3) is 3.57. The zero-order chi connectivity index (χ0) is 18.7. The van der Waals surface area contributed by atoms with Crippen LogP contribution in [0.1, 0.15) is 27.3 Å². The van der Waals surface area contributed by atoms with Gasteiger partial charge in [-0.3, -0.25) is 9.78 Å². The number of anilines is 1. The van der Waals surface area contributed by atoms with E-state index < -0.39 is 0 Å². The van der Waals surface area contributed by atoms with E-state index in [-0.39, 0.29) is 5.91 Å². The van der Waals surface area contributed by atoms with Crippen LogP contribution in [0.3, 0.4) is 0 Å². The zero-order valence-electron chi connectivity index (χ0n) is 15.3. The Morgan fingerprint density at radius 3 is 2.50 bits per heavy atom. The van der Waals surface area contributed by atoms with Gasteiger partial charge in [0.1, 0.15) is 11.6 Å². The van der Waals surface area contributed by atoms with Gasteiger partial charge in [-0.15, -0.1) is 0 Å². The molecule has 1 N–H and O–H groups in total. The van der Waals surface area contributed by atoms with E-state index in [1.807, 2.05) is 57.2 Å². The Labute approximate surface area is 153 Å². The number of benzene rings is 1. The van der Waals surface area contributed by atoms with Gasteiger partial charge in [0.2, 0.25) is 0 Å². The van der Waals surface area contributed by atoms with E-state index in [1.54, 1.807) is 12.3 Å². The predicted molar refractivity (Wildman–Crippen MR) is 103 cm³/mol. The zero-order valence-corrected chi connectivity index (χ0v) is 15.3. The molecule has 2 aromatic heterocycles. The topological polar surface area (TPSA) is 64.1 Å². The van der Waals surface area contributed by atoms with Crippen molar-refractivity contribution in [3.63, 3.8) is 0 Å². The van der Waals surface area contributed by atoms with Crippen molar-refractivity contribution in [2.45, 2.75) is 20.8 Å². The van der Waals surface area contributed by atoms with Gasteiger partial charge in [0, 0.05) is 11.4 Å². The van der Waals surface area contributed by atoms with Gasteiger partial charge < -0.3 is 10.1 Å². The molecular weight excluding hydrogens is 326 g/mol. The smallest absolute Gasteiger partial charge is 0.260 e. The highest BCUT2D eigenvalue weighted by molar-refractivity contribution is 6.06. The van der Waals surface area contributed by atoms with Crippen LogP contribution < -0.4 is 10.1 Å². The summed E-state index contributed by atoms with van der Waals surface area (Å²) in [5, 5.41) is 2.88. The van der Waals surface area contributed by atoms with E-state index in [2.05, 4.69) is 15.3 Å². The van der Waals surface area contributed by atoms with E-state index in [1.165, 1.54) is 7.11 Å². The second-order valence-electron chi connectivity index (χ2n) is 6.11. The minimum atomic E-state index is -0.276. The lowest BCUT2D eigenvalue weighted by molar-refractivity contribution is 0.102. The van der Waals surface area contributed by atoms with Gasteiger partial charge >= 0.3 is 0 Å². The number of aromatic nitrogens is 2. The van der Waals surface area contributed by atoms with Crippen LogP contribution >= 0.6 is 0 Å². The molecule has 0 saturated heterocycles. The average molecular weight is 347 g/mol. The average Bonchev–Trinajstić information content (AvgIpc) is 2.65. The second kappa shape index (κ2) is 7.35. The van der Waals surface area contributed by atoms with Crippen LogP contribution in [0.25, 0.3) is 11.1 Å². The van der Waals surface area contributed by atoms with E-state index >= 15 is 0 Å². The Morgan fingerprint density at radius 1 is 1.08 bits per heavy atom. The maximum absolute atomic E-state index is 12.7. The summed E-state index contributed by atoms with van der Waals surface area (Å²) in [5.74, 6) is 0.663. The van der Waals surface area contributed by atoms with Gasteiger partial charge in [0.25, 0.3) is 5.91 Å². The quantitative estimate of drug-likeness (QED) is 0.763. The number of ether oxygens (including phenoxy) is 1. The highest BCUT2D eigenvalue weighted by Gasteiger charge is 2.15. The molecule has 0 saturated carbocycles. The Morgan fingerprint density at radius 2 is 1.81 bits per heavy atom. The number of carbonyl (C=O) groups is 1. The van der Waals surface area contributed by atoms with Gasteiger partial charge in [-0.2, -0.15) is 0 Å². The number of nitrogens with zero attached hydrogens (tertiary/aromatic N) is 2. The molecular formula is C21H21N3O2. The maximum atomic E-state index is 12.7. The lowest BCUT2D eigenvalue weighted by atomic mass is 10.00. The normalized spacial score (nSPS) is 10.5. The van der Waals surface area contributed by atoms with Gasteiger partial charge in [-0.05, 0) is 49.6 Å². The van der Waals surface area contributed by atoms with E-state index in [0.717, 1.165) is 28.1 Å². The number of hydrogen-bond donors (Lipinski definition) is 1. The monoisotopic (exact) mass is 347 g/mol. The molecule has 132 valence electrons. The lowest BCUT2D eigenvalue weighted by Gasteiger charge is -2.13. The van der Waals surface area contributed by atoms with Crippen LogP contribution in [0.2, 0.25) is 0 Å². The van der Waals surface area contributed by atoms with E-state index in [4.69, 9.17) is 4.74 Å². The molecule has 1 aromatic carbocycles. The number of hydrogen-bond acceptors (Lipinski definition) is 4. The van der Waals surface area contributed by atoms with Gasteiger partial charge in [0.15, 0.2) is 0 Å². The second-order valence-corrected chi connectivity index (χ2v) is 6.11. The SMILES string of the molecule is COc1cnc(C)cc1C(=O)Nc1cc(-c2ccccc2)c(C)c(C)n1. The maximum Gasteiger partial charge on any atom is 0.260 e. The summed E-state index contributed by atoms with van der Waals surface area (Å²) in [7, 11) is 1.52. The third-order valence-corrected chi connectivity index (χ3v) is 4.31. The summed E-state index contributed by atoms with van der Waals surface area (Å²) >= 11 is 0. The first-order valence-corrected chi connectivity index (χ1v) is 8.35. The number of amides is 1. The highest BCUT2D eigenvalue weighted by Crippen LogP contribution is 2.28. The van der Waals surface area contributed by atoms with Crippen molar-refractivity contribution in [3.8, 4) is 16.9 Å². The summed E-state index contributed by atoms with van der Waals surface area (Å²) in [4.78, 5) is 21.4. The van der Waals surface area contributed by atoms with Crippen molar-refractivity contribution in [2.75, 3.05) is 12.4 Å². The van der Waals surface area contributed by atoms with Crippen molar-refractivity contribution in [2.24, 2.45) is 0 Å². The summed E-state index contributed by atoms with van der Waals surface area (Å²) < 4.78 is 5.25. The number of methoxy groups -OCH3 is 1. The van der Waals surface area contributed by atoms with Crippen molar-refractivity contribution >= 4 is 11.7 Å². The van der Waals surface area contributed by atoms with Crippen molar-refractivity contribution in [1.82, 2.24) is 9.97 Å². The van der Waals surface area contributed by atoms with Gasteiger partial charge in [-0.1, -0.05) is 30.3 Å². The van der Waals surface area contributed by atoms with Crippen LogP contribution in [-0.2, 0) is 0 Å². The van der Waals surface area contributed by atoms with Crippen LogP contribution in [0, 0.1) is 20.8 Å². The van der Waals surface area contributed by atoms with Crippen molar-refractivity contribution in [3.05, 3.63) is 71.2 Å². The van der Waals surface area contributed by atoms with Crippen LogP contribution in [-0.4, -0.2) is 23.0 Å². The molecule has 0 unspecified atom stereocenters. The van der Waals surface area contributed by atoms with E-state index in [9.17, 15) is 4.79 Å². The lowest BCUT2D eigenvalue weighted by Crippen LogP contribution is -2.15. The molecule has 3 rings (SSSR count). The van der Waals surface area contributed by atoms with Crippen LogP contribution in [0.5, 0.6) is 5.75 Å². The molecule has 0 aliphatic rings. The van der Waals surface area contributed by atoms with Crippen LogP contribution in [0.4, 0.5) is 5.82 Å². The summed E-state index contributed by atoms with van der Waals surface area (Å²) in [6.45, 7) is 5.80. The Hall–Kier alpha value is -3.21. The first kappa shape index (κ1) is 17.6. The van der Waals surface area contributed by atoms with E-state index in [0.29, 0.717) is 17.1 Å². The fraction of sp³-hybridized carbons (Fsp3) is 0.190. The largest absolute Gasteiger partial charge is 0.494 e. The predicted octanol–water partition coefficient (Wildman–Crippen LogP) is 4.33. The Bertz CT molecular complexity index is 953. The number of aryl methyl sites for hydroxylation is 2. The first-order chi connectivity index (χ1) is 12.5. The number of rotatable bonds is 4. The first-order valence-electron chi connectivity index (χ1n) is 8.35. The molecule has 0 spiro atoms. The Kier molecular flexibility index (Phi) is 4.98. The highest BCUT2D eigenvalue weighted by atomic mass is 16.5. The standard InChI is InChI=1S/C21H21N3O2/c1-13-10-18(19(26-4)12-22-13)21(25)24-20-11-17(14(2)15(3)23-20)16-8-6-5-7-9-16/h5-12H,1-4H3,(H,23,24,25). The van der Waals surface area contributed by atoms with Gasteiger partial charge in [0.05, 0.1) is 18.9 Å².